The molecule has 1 atom stereocenters. The molecule has 0 fully saturated rings. The summed E-state index contributed by atoms with van der Waals surface area (Å²) in [7, 11) is 0. The Morgan fingerprint density at radius 3 is 2.42 bits per heavy atom. The normalized spacial score (nSPS) is 17.1. The SMILES string of the molecule is CCC1c2cc(C)ccc2CNc2ccc(C)cc21. The first-order valence-corrected chi connectivity index (χ1v) is 7.13. The van der Waals surface area contributed by atoms with Crippen LogP contribution in [0, 0.1) is 13.8 Å². The number of hydrogen-bond acceptors (Lipinski definition) is 1. The molecule has 3 rings (SSSR count). The number of benzene rings is 2. The van der Waals surface area contributed by atoms with Crippen molar-refractivity contribution in [3.8, 4) is 0 Å². The van der Waals surface area contributed by atoms with E-state index in [1.54, 1.807) is 0 Å². The van der Waals surface area contributed by atoms with E-state index < -0.39 is 0 Å². The molecule has 1 nitrogen and oxygen atoms in total. The summed E-state index contributed by atoms with van der Waals surface area (Å²) < 4.78 is 0. The second-order valence-corrected chi connectivity index (χ2v) is 5.61. The highest BCUT2D eigenvalue weighted by Crippen LogP contribution is 2.38. The van der Waals surface area contributed by atoms with Crippen molar-refractivity contribution in [2.24, 2.45) is 0 Å². The minimum Gasteiger partial charge on any atom is -0.381 e. The molecular formula is C18H21N. The molecule has 1 unspecified atom stereocenters. The van der Waals surface area contributed by atoms with Crippen molar-refractivity contribution in [2.75, 3.05) is 5.32 Å². The third-order valence-corrected chi connectivity index (χ3v) is 4.14. The minimum atomic E-state index is 0.514. The molecule has 1 aliphatic heterocycles. The maximum absolute atomic E-state index is 3.59. The van der Waals surface area contributed by atoms with Crippen molar-refractivity contribution in [1.82, 2.24) is 0 Å². The zero-order valence-electron chi connectivity index (χ0n) is 12.0. The number of fused-ring (bicyclic) bond motifs is 2. The van der Waals surface area contributed by atoms with Crippen molar-refractivity contribution in [3.63, 3.8) is 0 Å². The summed E-state index contributed by atoms with van der Waals surface area (Å²) in [6.45, 7) is 7.58. The molecule has 0 aromatic heterocycles. The second-order valence-electron chi connectivity index (χ2n) is 5.61. The van der Waals surface area contributed by atoms with E-state index in [0.29, 0.717) is 5.92 Å². The van der Waals surface area contributed by atoms with Crippen LogP contribution in [0.3, 0.4) is 0 Å². The first kappa shape index (κ1) is 12.3. The first-order valence-electron chi connectivity index (χ1n) is 7.13. The molecule has 98 valence electrons. The van der Waals surface area contributed by atoms with Crippen molar-refractivity contribution in [2.45, 2.75) is 39.7 Å². The van der Waals surface area contributed by atoms with Crippen molar-refractivity contribution >= 4 is 5.69 Å². The lowest BCUT2D eigenvalue weighted by atomic mass is 9.85. The average Bonchev–Trinajstić information content (AvgIpc) is 2.54. The van der Waals surface area contributed by atoms with E-state index in [2.05, 4.69) is 62.5 Å². The van der Waals surface area contributed by atoms with Gasteiger partial charge in [0.05, 0.1) is 0 Å². The predicted molar refractivity (Wildman–Crippen MR) is 81.8 cm³/mol. The highest BCUT2D eigenvalue weighted by molar-refractivity contribution is 5.60. The Hall–Kier alpha value is -1.76. The number of nitrogens with one attached hydrogen (secondary N) is 1. The lowest BCUT2D eigenvalue weighted by Crippen LogP contribution is -2.02. The first-order chi connectivity index (χ1) is 9.19. The summed E-state index contributed by atoms with van der Waals surface area (Å²) in [6.07, 6.45) is 1.15. The number of rotatable bonds is 1. The monoisotopic (exact) mass is 251 g/mol. The molecule has 0 radical (unpaired) electrons. The molecule has 1 N–H and O–H groups in total. The molecule has 0 spiro atoms. The highest BCUT2D eigenvalue weighted by Gasteiger charge is 2.22. The standard InChI is InChI=1S/C18H21N/c1-4-15-16-9-12(2)5-7-14(16)11-19-18-8-6-13(3)10-17(15)18/h5-10,15,19H,4,11H2,1-3H3. The Kier molecular flexibility index (Phi) is 3.06. The third-order valence-electron chi connectivity index (χ3n) is 4.14. The number of aryl methyl sites for hydroxylation is 2. The van der Waals surface area contributed by atoms with Crippen LogP contribution in [-0.4, -0.2) is 0 Å². The van der Waals surface area contributed by atoms with Gasteiger partial charge >= 0.3 is 0 Å². The van der Waals surface area contributed by atoms with Crippen LogP contribution in [0.1, 0.15) is 47.1 Å². The number of anilines is 1. The summed E-state index contributed by atoms with van der Waals surface area (Å²) in [4.78, 5) is 0. The Labute approximate surface area is 115 Å². The van der Waals surface area contributed by atoms with Crippen LogP contribution in [0.15, 0.2) is 36.4 Å². The minimum absolute atomic E-state index is 0.514. The molecule has 0 saturated carbocycles. The summed E-state index contributed by atoms with van der Waals surface area (Å²) in [5.41, 5.74) is 8.38. The van der Waals surface area contributed by atoms with Crippen molar-refractivity contribution in [1.29, 1.82) is 0 Å². The Morgan fingerprint density at radius 1 is 1.00 bits per heavy atom. The van der Waals surface area contributed by atoms with Gasteiger partial charge in [0.25, 0.3) is 0 Å². The zero-order valence-corrected chi connectivity index (χ0v) is 12.0. The largest absolute Gasteiger partial charge is 0.381 e. The van der Waals surface area contributed by atoms with E-state index in [0.717, 1.165) is 13.0 Å². The quantitative estimate of drug-likeness (QED) is 0.769. The molecule has 0 aliphatic carbocycles. The van der Waals surface area contributed by atoms with Crippen LogP contribution in [-0.2, 0) is 6.54 Å². The van der Waals surface area contributed by atoms with E-state index in [4.69, 9.17) is 0 Å². The van der Waals surface area contributed by atoms with E-state index in [-0.39, 0.29) is 0 Å². The molecule has 0 bridgehead atoms. The van der Waals surface area contributed by atoms with Crippen molar-refractivity contribution < 1.29 is 0 Å². The topological polar surface area (TPSA) is 12.0 Å². The van der Waals surface area contributed by atoms with Gasteiger partial charge in [-0.15, -0.1) is 0 Å². The fourth-order valence-corrected chi connectivity index (χ4v) is 3.13. The zero-order chi connectivity index (χ0) is 13.4. The smallest absolute Gasteiger partial charge is 0.0403 e. The summed E-state index contributed by atoms with van der Waals surface area (Å²) >= 11 is 0. The van der Waals surface area contributed by atoms with Gasteiger partial charge in [0.2, 0.25) is 0 Å². The van der Waals surface area contributed by atoms with Crippen LogP contribution in [0.25, 0.3) is 0 Å². The summed E-state index contributed by atoms with van der Waals surface area (Å²) in [6, 6.07) is 13.6. The van der Waals surface area contributed by atoms with Gasteiger partial charge in [-0.2, -0.15) is 0 Å². The number of hydrogen-bond donors (Lipinski definition) is 1. The molecule has 2 aromatic rings. The Bertz CT molecular complexity index is 560. The summed E-state index contributed by atoms with van der Waals surface area (Å²) in [5.74, 6) is 0.514. The molecule has 0 saturated heterocycles. The molecule has 19 heavy (non-hydrogen) atoms. The summed E-state index contributed by atoms with van der Waals surface area (Å²) in [5, 5.41) is 3.59. The van der Waals surface area contributed by atoms with Gasteiger partial charge in [0.15, 0.2) is 0 Å². The Morgan fingerprint density at radius 2 is 1.68 bits per heavy atom. The van der Waals surface area contributed by atoms with Gasteiger partial charge in [-0.25, -0.2) is 0 Å². The second kappa shape index (κ2) is 4.73. The van der Waals surface area contributed by atoms with E-state index in [9.17, 15) is 0 Å². The van der Waals surface area contributed by atoms with Crippen LogP contribution >= 0.6 is 0 Å². The molecule has 1 heteroatoms. The molecule has 1 aliphatic rings. The van der Waals surface area contributed by atoms with Crippen molar-refractivity contribution in [3.05, 3.63) is 64.2 Å². The molecule has 2 aromatic carbocycles. The van der Waals surface area contributed by atoms with Gasteiger partial charge in [0.1, 0.15) is 0 Å². The van der Waals surface area contributed by atoms with Crippen LogP contribution in [0.4, 0.5) is 5.69 Å². The fourth-order valence-electron chi connectivity index (χ4n) is 3.13. The highest BCUT2D eigenvalue weighted by atomic mass is 14.9. The lowest BCUT2D eigenvalue weighted by Gasteiger charge is -2.19. The van der Waals surface area contributed by atoms with E-state index in [1.165, 1.54) is 33.5 Å². The van der Waals surface area contributed by atoms with Gasteiger partial charge < -0.3 is 5.32 Å². The maximum atomic E-state index is 3.59. The van der Waals surface area contributed by atoms with Gasteiger partial charge in [-0.1, -0.05) is 48.4 Å². The Balaban J connectivity index is 2.20. The van der Waals surface area contributed by atoms with Crippen LogP contribution in [0.2, 0.25) is 0 Å². The van der Waals surface area contributed by atoms with E-state index >= 15 is 0 Å². The van der Waals surface area contributed by atoms with E-state index in [1.807, 2.05) is 0 Å². The van der Waals surface area contributed by atoms with Gasteiger partial charge in [-0.05, 0) is 43.0 Å². The average molecular weight is 251 g/mol. The third kappa shape index (κ3) is 2.14. The lowest BCUT2D eigenvalue weighted by molar-refractivity contribution is 0.775. The van der Waals surface area contributed by atoms with Gasteiger partial charge in [0, 0.05) is 18.2 Å². The van der Waals surface area contributed by atoms with Crippen LogP contribution < -0.4 is 5.32 Å². The van der Waals surface area contributed by atoms with Crippen LogP contribution in [0.5, 0.6) is 0 Å². The maximum Gasteiger partial charge on any atom is 0.0403 e. The van der Waals surface area contributed by atoms with Gasteiger partial charge in [-0.3, -0.25) is 0 Å². The molecule has 0 amide bonds. The predicted octanol–water partition coefficient (Wildman–Crippen LogP) is 4.77. The fraction of sp³-hybridized carbons (Fsp3) is 0.333. The molecular weight excluding hydrogens is 230 g/mol. The molecule has 1 heterocycles.